The molecule has 0 radical (unpaired) electrons. The first-order chi connectivity index (χ1) is 6.78. The molecule has 0 fully saturated rings. The van der Waals surface area contributed by atoms with Crippen molar-refractivity contribution in [3.63, 3.8) is 0 Å². The van der Waals surface area contributed by atoms with Gasteiger partial charge in [0, 0.05) is 18.8 Å². The molecule has 0 atom stereocenters. The van der Waals surface area contributed by atoms with E-state index in [0.29, 0.717) is 13.1 Å². The molecule has 2 aromatic rings. The van der Waals surface area contributed by atoms with E-state index in [-0.39, 0.29) is 0 Å². The van der Waals surface area contributed by atoms with E-state index in [2.05, 4.69) is 26.2 Å². The molecule has 2 heterocycles. The van der Waals surface area contributed by atoms with E-state index in [0.717, 1.165) is 15.9 Å². The van der Waals surface area contributed by atoms with E-state index < -0.39 is 0 Å². The Labute approximate surface area is 89.0 Å². The minimum absolute atomic E-state index is 0.395. The van der Waals surface area contributed by atoms with Crippen LogP contribution in [0, 0.1) is 0 Å². The van der Waals surface area contributed by atoms with E-state index in [1.807, 2.05) is 12.3 Å². The van der Waals surface area contributed by atoms with Crippen molar-refractivity contribution in [3.8, 4) is 0 Å². The molecule has 2 N–H and O–H groups in total. The second kappa shape index (κ2) is 3.93. The monoisotopic (exact) mass is 256 g/mol. The van der Waals surface area contributed by atoms with Gasteiger partial charge in [-0.25, -0.2) is 0 Å². The Morgan fingerprint density at radius 1 is 1.57 bits per heavy atom. The topological polar surface area (TPSA) is 69.9 Å². The van der Waals surface area contributed by atoms with E-state index in [4.69, 9.17) is 10.3 Å². The first kappa shape index (κ1) is 9.42. The van der Waals surface area contributed by atoms with Crippen LogP contribution in [0.3, 0.4) is 0 Å². The lowest BCUT2D eigenvalue weighted by atomic mass is 10.3. The standard InChI is InChI=1S/C8H9BrN4O/c9-6-3-11-13(4-6)5-8-1-7(2-10)12-14-8/h1,3-4H,2,5,10H2. The average molecular weight is 257 g/mol. The maximum absolute atomic E-state index is 5.41. The van der Waals surface area contributed by atoms with Crippen LogP contribution in [0.25, 0.3) is 0 Å². The second-order valence-corrected chi connectivity index (χ2v) is 3.76. The molecule has 0 spiro atoms. The van der Waals surface area contributed by atoms with Gasteiger partial charge in [0.15, 0.2) is 5.76 Å². The van der Waals surface area contributed by atoms with Gasteiger partial charge >= 0.3 is 0 Å². The number of halogens is 1. The first-order valence-corrected chi connectivity index (χ1v) is 4.89. The molecule has 0 saturated heterocycles. The lowest BCUT2D eigenvalue weighted by Crippen LogP contribution is -1.98. The minimum Gasteiger partial charge on any atom is -0.359 e. The molecule has 0 bridgehead atoms. The van der Waals surface area contributed by atoms with Gasteiger partial charge in [0.1, 0.15) is 6.54 Å². The van der Waals surface area contributed by atoms with Gasteiger partial charge in [0.2, 0.25) is 0 Å². The predicted molar refractivity (Wildman–Crippen MR) is 53.4 cm³/mol. The highest BCUT2D eigenvalue weighted by atomic mass is 79.9. The van der Waals surface area contributed by atoms with Crippen molar-refractivity contribution < 1.29 is 4.52 Å². The van der Waals surface area contributed by atoms with E-state index in [9.17, 15) is 0 Å². The van der Waals surface area contributed by atoms with Crippen LogP contribution in [-0.4, -0.2) is 14.9 Å². The molecule has 0 aliphatic heterocycles. The Balaban J connectivity index is 2.10. The summed E-state index contributed by atoms with van der Waals surface area (Å²) in [6.45, 7) is 0.963. The summed E-state index contributed by atoms with van der Waals surface area (Å²) in [5.74, 6) is 0.751. The van der Waals surface area contributed by atoms with Crippen molar-refractivity contribution in [1.29, 1.82) is 0 Å². The summed E-state index contributed by atoms with van der Waals surface area (Å²) in [4.78, 5) is 0. The Kier molecular flexibility index (Phi) is 2.64. The van der Waals surface area contributed by atoms with Crippen LogP contribution in [0.15, 0.2) is 27.5 Å². The van der Waals surface area contributed by atoms with Crippen LogP contribution in [0.1, 0.15) is 11.5 Å². The molecule has 14 heavy (non-hydrogen) atoms. The van der Waals surface area contributed by atoms with Crippen LogP contribution in [0.4, 0.5) is 0 Å². The van der Waals surface area contributed by atoms with Gasteiger partial charge in [-0.3, -0.25) is 4.68 Å². The van der Waals surface area contributed by atoms with Crippen molar-refractivity contribution in [3.05, 3.63) is 34.4 Å². The molecule has 2 rings (SSSR count). The lowest BCUT2D eigenvalue weighted by Gasteiger charge is -1.94. The summed E-state index contributed by atoms with van der Waals surface area (Å²) in [6.07, 6.45) is 3.59. The van der Waals surface area contributed by atoms with E-state index >= 15 is 0 Å². The Morgan fingerprint density at radius 3 is 3.00 bits per heavy atom. The van der Waals surface area contributed by atoms with Crippen molar-refractivity contribution in [2.45, 2.75) is 13.1 Å². The van der Waals surface area contributed by atoms with Gasteiger partial charge in [-0.2, -0.15) is 5.10 Å². The molecule has 0 amide bonds. The molecule has 0 aliphatic carbocycles. The molecule has 0 unspecified atom stereocenters. The molecular weight excluding hydrogens is 248 g/mol. The molecule has 6 heteroatoms. The number of rotatable bonds is 3. The highest BCUT2D eigenvalue weighted by molar-refractivity contribution is 9.10. The highest BCUT2D eigenvalue weighted by Gasteiger charge is 2.04. The van der Waals surface area contributed by atoms with E-state index in [1.54, 1.807) is 10.9 Å². The fourth-order valence-electron chi connectivity index (χ4n) is 1.11. The molecule has 5 nitrogen and oxygen atoms in total. The maximum Gasteiger partial charge on any atom is 0.158 e. The molecule has 0 aromatic carbocycles. The first-order valence-electron chi connectivity index (χ1n) is 4.10. The van der Waals surface area contributed by atoms with Gasteiger partial charge in [-0.15, -0.1) is 0 Å². The zero-order chi connectivity index (χ0) is 9.97. The van der Waals surface area contributed by atoms with Crippen LogP contribution >= 0.6 is 15.9 Å². The summed E-state index contributed by atoms with van der Waals surface area (Å²) in [6, 6.07) is 1.83. The lowest BCUT2D eigenvalue weighted by molar-refractivity contribution is 0.366. The fraction of sp³-hybridized carbons (Fsp3) is 0.250. The van der Waals surface area contributed by atoms with Gasteiger partial charge in [-0.1, -0.05) is 5.16 Å². The van der Waals surface area contributed by atoms with Gasteiger partial charge in [-0.05, 0) is 15.9 Å². The predicted octanol–water partition coefficient (Wildman–Crippen LogP) is 1.14. The zero-order valence-corrected chi connectivity index (χ0v) is 8.94. The zero-order valence-electron chi connectivity index (χ0n) is 7.35. The van der Waals surface area contributed by atoms with Gasteiger partial charge in [0.05, 0.1) is 16.4 Å². The number of nitrogens with zero attached hydrogens (tertiary/aromatic N) is 3. The normalized spacial score (nSPS) is 10.7. The SMILES string of the molecule is NCc1cc(Cn2cc(Br)cn2)on1. The summed E-state index contributed by atoms with van der Waals surface area (Å²) in [5.41, 5.74) is 6.16. The van der Waals surface area contributed by atoms with Crippen molar-refractivity contribution in [2.75, 3.05) is 0 Å². The largest absolute Gasteiger partial charge is 0.359 e. The third kappa shape index (κ3) is 2.02. The summed E-state index contributed by atoms with van der Waals surface area (Å²) in [5, 5.41) is 7.88. The molecule has 0 aliphatic rings. The summed E-state index contributed by atoms with van der Waals surface area (Å²) < 4.78 is 7.76. The van der Waals surface area contributed by atoms with Crippen molar-refractivity contribution in [2.24, 2.45) is 5.73 Å². The highest BCUT2D eigenvalue weighted by Crippen LogP contribution is 2.09. The molecular formula is C8H9BrN4O. The Hall–Kier alpha value is -1.14. The summed E-state index contributed by atoms with van der Waals surface area (Å²) >= 11 is 3.31. The smallest absolute Gasteiger partial charge is 0.158 e. The number of hydrogen-bond donors (Lipinski definition) is 1. The number of nitrogens with two attached hydrogens (primary N) is 1. The third-order valence-electron chi connectivity index (χ3n) is 1.74. The fourth-order valence-corrected chi connectivity index (χ4v) is 1.44. The van der Waals surface area contributed by atoms with Crippen molar-refractivity contribution >= 4 is 15.9 Å². The molecule has 74 valence electrons. The van der Waals surface area contributed by atoms with Crippen LogP contribution < -0.4 is 5.73 Å². The minimum atomic E-state index is 0.395. The van der Waals surface area contributed by atoms with Gasteiger partial charge in [0.25, 0.3) is 0 Å². The average Bonchev–Trinajstić information content (AvgIpc) is 2.76. The second-order valence-electron chi connectivity index (χ2n) is 2.84. The quantitative estimate of drug-likeness (QED) is 0.895. The Bertz CT molecular complexity index is 422. The van der Waals surface area contributed by atoms with Crippen molar-refractivity contribution in [1.82, 2.24) is 14.9 Å². The van der Waals surface area contributed by atoms with Crippen LogP contribution in [0.5, 0.6) is 0 Å². The summed E-state index contributed by atoms with van der Waals surface area (Å²) in [7, 11) is 0. The Morgan fingerprint density at radius 2 is 2.43 bits per heavy atom. The van der Waals surface area contributed by atoms with E-state index in [1.165, 1.54) is 0 Å². The third-order valence-corrected chi connectivity index (χ3v) is 2.15. The molecule has 2 aromatic heterocycles. The molecule has 0 saturated carbocycles. The van der Waals surface area contributed by atoms with Crippen LogP contribution in [0.2, 0.25) is 0 Å². The number of hydrogen-bond acceptors (Lipinski definition) is 4. The van der Waals surface area contributed by atoms with Crippen LogP contribution in [-0.2, 0) is 13.1 Å². The number of aromatic nitrogens is 3. The van der Waals surface area contributed by atoms with Gasteiger partial charge < -0.3 is 10.3 Å². The maximum atomic E-state index is 5.41.